The number of aliphatic hydroxyl groups excluding tert-OH is 1. The van der Waals surface area contributed by atoms with E-state index in [1.807, 2.05) is 18.2 Å². The number of aliphatic hydroxyl groups is 1. The van der Waals surface area contributed by atoms with Crippen LogP contribution >= 0.6 is 0 Å². The van der Waals surface area contributed by atoms with E-state index in [4.69, 9.17) is 0 Å². The van der Waals surface area contributed by atoms with E-state index in [0.717, 1.165) is 6.54 Å². The number of benzene rings is 1. The molecular weight excluding hydrogens is 186 g/mol. The molecule has 1 N–H and O–H groups in total. The van der Waals surface area contributed by atoms with Crippen LogP contribution in [0.15, 0.2) is 43.0 Å². The highest BCUT2D eigenvalue weighted by molar-refractivity contribution is 5.21. The predicted octanol–water partition coefficient (Wildman–Crippen LogP) is 1.98. The summed E-state index contributed by atoms with van der Waals surface area (Å²) in [5, 5.41) is 9.60. The minimum atomic E-state index is -0.392. The maximum absolute atomic E-state index is 9.60. The van der Waals surface area contributed by atoms with Crippen LogP contribution in [0.5, 0.6) is 0 Å². The van der Waals surface area contributed by atoms with Crippen LogP contribution in [0, 0.1) is 0 Å². The zero-order valence-electron chi connectivity index (χ0n) is 9.00. The average molecular weight is 203 g/mol. The molecule has 2 rings (SSSR count). The minimum absolute atomic E-state index is 0.262. The lowest BCUT2D eigenvalue weighted by Gasteiger charge is -2.15. The number of hydrogen-bond donors (Lipinski definition) is 1. The molecule has 1 aliphatic rings. The summed E-state index contributed by atoms with van der Waals surface area (Å²) in [6, 6.07) is 11.0. The van der Waals surface area contributed by atoms with Gasteiger partial charge in [0.1, 0.15) is 0 Å². The molecule has 1 saturated heterocycles. The van der Waals surface area contributed by atoms with Gasteiger partial charge in [0, 0.05) is 12.6 Å². The van der Waals surface area contributed by atoms with Crippen LogP contribution in [0.1, 0.15) is 18.5 Å². The van der Waals surface area contributed by atoms with Crippen molar-refractivity contribution in [3.05, 3.63) is 48.6 Å². The first-order chi connectivity index (χ1) is 7.24. The third-order valence-corrected chi connectivity index (χ3v) is 3.11. The lowest BCUT2D eigenvalue weighted by Crippen LogP contribution is -2.18. The molecule has 4 atom stereocenters. The molecular formula is C13H17NO. The van der Waals surface area contributed by atoms with Crippen LogP contribution in [-0.4, -0.2) is 28.7 Å². The Morgan fingerprint density at radius 2 is 2.13 bits per heavy atom. The summed E-state index contributed by atoms with van der Waals surface area (Å²) in [7, 11) is 0. The van der Waals surface area contributed by atoms with Crippen molar-refractivity contribution in [3.8, 4) is 0 Å². The van der Waals surface area contributed by atoms with Crippen molar-refractivity contribution < 1.29 is 5.11 Å². The van der Waals surface area contributed by atoms with Crippen molar-refractivity contribution in [2.24, 2.45) is 0 Å². The molecule has 0 amide bonds. The molecule has 1 fully saturated rings. The van der Waals surface area contributed by atoms with Crippen molar-refractivity contribution in [2.75, 3.05) is 6.54 Å². The van der Waals surface area contributed by atoms with E-state index >= 15 is 0 Å². The van der Waals surface area contributed by atoms with Crippen LogP contribution in [-0.2, 0) is 0 Å². The van der Waals surface area contributed by atoms with Gasteiger partial charge in [-0.25, -0.2) is 0 Å². The molecule has 0 aliphatic carbocycles. The Kier molecular flexibility index (Phi) is 2.89. The van der Waals surface area contributed by atoms with Crippen molar-refractivity contribution in [2.45, 2.75) is 25.1 Å². The lowest BCUT2D eigenvalue weighted by molar-refractivity contribution is 0.193. The van der Waals surface area contributed by atoms with Crippen molar-refractivity contribution in [1.82, 2.24) is 4.90 Å². The van der Waals surface area contributed by atoms with E-state index in [1.165, 1.54) is 5.56 Å². The Morgan fingerprint density at radius 1 is 1.47 bits per heavy atom. The molecule has 0 saturated carbocycles. The highest BCUT2D eigenvalue weighted by Crippen LogP contribution is 2.33. The third kappa shape index (κ3) is 2.11. The normalized spacial score (nSPS) is 28.1. The van der Waals surface area contributed by atoms with E-state index in [1.54, 1.807) is 6.08 Å². The van der Waals surface area contributed by atoms with Crippen LogP contribution in [0.25, 0.3) is 0 Å². The molecule has 2 heteroatoms. The molecule has 2 nitrogen and oxygen atoms in total. The first-order valence-corrected chi connectivity index (χ1v) is 5.35. The van der Waals surface area contributed by atoms with E-state index < -0.39 is 6.10 Å². The Morgan fingerprint density at radius 3 is 2.73 bits per heavy atom. The van der Waals surface area contributed by atoms with Crippen LogP contribution in [0.4, 0.5) is 0 Å². The van der Waals surface area contributed by atoms with Gasteiger partial charge in [-0.1, -0.05) is 36.4 Å². The lowest BCUT2D eigenvalue weighted by atomic mass is 10.1. The van der Waals surface area contributed by atoms with E-state index in [2.05, 4.69) is 30.5 Å². The summed E-state index contributed by atoms with van der Waals surface area (Å²) < 4.78 is 0. The molecule has 1 heterocycles. The van der Waals surface area contributed by atoms with Crippen LogP contribution in [0.3, 0.4) is 0 Å². The summed E-state index contributed by atoms with van der Waals surface area (Å²) in [6.07, 6.45) is 1.22. The van der Waals surface area contributed by atoms with E-state index in [-0.39, 0.29) is 6.04 Å². The summed E-state index contributed by atoms with van der Waals surface area (Å²) in [5.74, 6) is 0. The Labute approximate surface area is 90.8 Å². The zero-order valence-corrected chi connectivity index (χ0v) is 9.00. The van der Waals surface area contributed by atoms with Gasteiger partial charge in [-0.3, -0.25) is 4.90 Å². The predicted molar refractivity (Wildman–Crippen MR) is 61.6 cm³/mol. The topological polar surface area (TPSA) is 23.2 Å². The van der Waals surface area contributed by atoms with Crippen LogP contribution < -0.4 is 0 Å². The first kappa shape index (κ1) is 10.4. The van der Waals surface area contributed by atoms with Gasteiger partial charge in [0.05, 0.1) is 12.1 Å². The molecule has 80 valence electrons. The Bertz CT molecular complexity index is 336. The number of nitrogens with zero attached hydrogens (tertiary/aromatic N) is 1. The molecule has 1 aromatic rings. The molecule has 0 aromatic heterocycles. The quantitative estimate of drug-likeness (QED) is 0.597. The highest BCUT2D eigenvalue weighted by atomic mass is 16.3. The van der Waals surface area contributed by atoms with Crippen molar-refractivity contribution in [1.29, 1.82) is 0 Å². The number of rotatable bonds is 4. The molecule has 1 aliphatic heterocycles. The smallest absolute Gasteiger partial charge is 0.0886 e. The standard InChI is InChI=1S/C13H17NO/c1-3-13(15)12-9-14(12)10(2)11-7-5-4-6-8-11/h3-8,10,12-13,15H,1,9H2,2H3/t10-,12+,13+,14?/m0/s1. The van der Waals surface area contributed by atoms with Gasteiger partial charge in [0.2, 0.25) is 0 Å². The Balaban J connectivity index is 2.00. The second-order valence-electron chi connectivity index (χ2n) is 4.08. The van der Waals surface area contributed by atoms with Crippen molar-refractivity contribution >= 4 is 0 Å². The van der Waals surface area contributed by atoms with Gasteiger partial charge < -0.3 is 5.11 Å². The largest absolute Gasteiger partial charge is 0.387 e. The second-order valence-corrected chi connectivity index (χ2v) is 4.08. The molecule has 15 heavy (non-hydrogen) atoms. The summed E-state index contributed by atoms with van der Waals surface area (Å²) >= 11 is 0. The Hall–Kier alpha value is -1.12. The van der Waals surface area contributed by atoms with E-state index in [0.29, 0.717) is 6.04 Å². The van der Waals surface area contributed by atoms with Gasteiger partial charge in [0.15, 0.2) is 0 Å². The fraction of sp³-hybridized carbons (Fsp3) is 0.385. The fourth-order valence-corrected chi connectivity index (χ4v) is 2.00. The minimum Gasteiger partial charge on any atom is -0.387 e. The summed E-state index contributed by atoms with van der Waals surface area (Å²) in [4.78, 5) is 2.28. The molecule has 1 unspecified atom stereocenters. The van der Waals surface area contributed by atoms with Gasteiger partial charge in [-0.05, 0) is 12.5 Å². The van der Waals surface area contributed by atoms with Gasteiger partial charge in [-0.15, -0.1) is 6.58 Å². The first-order valence-electron chi connectivity index (χ1n) is 5.35. The van der Waals surface area contributed by atoms with Crippen LogP contribution in [0.2, 0.25) is 0 Å². The monoisotopic (exact) mass is 203 g/mol. The average Bonchev–Trinajstić information content (AvgIpc) is 3.08. The van der Waals surface area contributed by atoms with Gasteiger partial charge in [-0.2, -0.15) is 0 Å². The van der Waals surface area contributed by atoms with Gasteiger partial charge >= 0.3 is 0 Å². The second kappa shape index (κ2) is 4.17. The molecule has 0 radical (unpaired) electrons. The van der Waals surface area contributed by atoms with E-state index in [9.17, 15) is 5.11 Å². The zero-order chi connectivity index (χ0) is 10.8. The third-order valence-electron chi connectivity index (χ3n) is 3.11. The number of hydrogen-bond acceptors (Lipinski definition) is 2. The van der Waals surface area contributed by atoms with Crippen molar-refractivity contribution in [3.63, 3.8) is 0 Å². The SMILES string of the molecule is C=C[C@@H](O)[C@H]1CN1[C@@H](C)c1ccccc1. The highest BCUT2D eigenvalue weighted by Gasteiger charge is 2.41. The fourth-order valence-electron chi connectivity index (χ4n) is 2.00. The maximum Gasteiger partial charge on any atom is 0.0886 e. The maximum atomic E-state index is 9.60. The molecule has 1 aromatic carbocycles. The summed E-state index contributed by atoms with van der Waals surface area (Å²) in [5.41, 5.74) is 1.30. The summed E-state index contributed by atoms with van der Waals surface area (Å²) in [6.45, 7) is 6.75. The molecule has 0 bridgehead atoms. The molecule has 0 spiro atoms. The van der Waals surface area contributed by atoms with Gasteiger partial charge in [0.25, 0.3) is 0 Å².